The molecular weight excluding hydrogens is 250 g/mol. The molecule has 0 bridgehead atoms. The van der Waals surface area contributed by atoms with Crippen LogP contribution in [0.15, 0.2) is 36.5 Å². The van der Waals surface area contributed by atoms with Crippen molar-refractivity contribution in [2.24, 2.45) is 0 Å². The first kappa shape index (κ1) is 14.4. The summed E-state index contributed by atoms with van der Waals surface area (Å²) in [7, 11) is 0. The maximum Gasteiger partial charge on any atom is 0.119 e. The highest BCUT2D eigenvalue weighted by Gasteiger charge is 2.01. The summed E-state index contributed by atoms with van der Waals surface area (Å²) in [4.78, 5) is 0. The van der Waals surface area contributed by atoms with Crippen LogP contribution in [0.5, 0.6) is 5.75 Å². The van der Waals surface area contributed by atoms with E-state index in [1.165, 1.54) is 5.69 Å². The number of hydrogen-bond donors (Lipinski definition) is 1. The van der Waals surface area contributed by atoms with Crippen molar-refractivity contribution in [3.8, 4) is 5.75 Å². The third kappa shape index (κ3) is 4.02. The van der Waals surface area contributed by atoms with Crippen LogP contribution in [-0.4, -0.2) is 16.4 Å². The number of aryl methyl sites for hydroxylation is 1. The van der Waals surface area contributed by atoms with Crippen molar-refractivity contribution in [3.05, 3.63) is 42.2 Å². The Morgan fingerprint density at radius 3 is 2.60 bits per heavy atom. The summed E-state index contributed by atoms with van der Waals surface area (Å²) < 4.78 is 7.62. The summed E-state index contributed by atoms with van der Waals surface area (Å²) in [5.74, 6) is 0.924. The average Bonchev–Trinajstić information content (AvgIpc) is 2.92. The van der Waals surface area contributed by atoms with Gasteiger partial charge in [-0.3, -0.25) is 4.68 Å². The van der Waals surface area contributed by atoms with E-state index in [9.17, 15) is 0 Å². The SMILES string of the molecule is CCCOc1ccc(NCc2ccnn2CCC)cc1. The molecule has 0 atom stereocenters. The molecule has 0 fully saturated rings. The van der Waals surface area contributed by atoms with Crippen molar-refractivity contribution < 1.29 is 4.74 Å². The van der Waals surface area contributed by atoms with Gasteiger partial charge in [-0.15, -0.1) is 0 Å². The van der Waals surface area contributed by atoms with E-state index in [2.05, 4.69) is 30.3 Å². The van der Waals surface area contributed by atoms with Gasteiger partial charge in [0.25, 0.3) is 0 Å². The largest absolute Gasteiger partial charge is 0.494 e. The molecule has 0 saturated carbocycles. The fraction of sp³-hybridized carbons (Fsp3) is 0.438. The first-order valence-corrected chi connectivity index (χ1v) is 7.31. The van der Waals surface area contributed by atoms with Crippen molar-refractivity contribution in [2.75, 3.05) is 11.9 Å². The van der Waals surface area contributed by atoms with Crippen LogP contribution in [0.1, 0.15) is 32.4 Å². The molecule has 1 heterocycles. The monoisotopic (exact) mass is 273 g/mol. The summed E-state index contributed by atoms with van der Waals surface area (Å²) in [6.07, 6.45) is 3.98. The zero-order valence-electron chi connectivity index (χ0n) is 12.3. The summed E-state index contributed by atoms with van der Waals surface area (Å²) in [5, 5.41) is 7.74. The molecule has 1 aromatic heterocycles. The molecule has 2 aromatic rings. The van der Waals surface area contributed by atoms with Gasteiger partial charge in [-0.05, 0) is 43.2 Å². The van der Waals surface area contributed by atoms with E-state index < -0.39 is 0 Å². The van der Waals surface area contributed by atoms with Crippen LogP contribution >= 0.6 is 0 Å². The molecule has 20 heavy (non-hydrogen) atoms. The van der Waals surface area contributed by atoms with Crippen molar-refractivity contribution >= 4 is 5.69 Å². The molecule has 0 aliphatic heterocycles. The van der Waals surface area contributed by atoms with E-state index in [-0.39, 0.29) is 0 Å². The Balaban J connectivity index is 1.88. The standard InChI is InChI=1S/C16H23N3O/c1-3-11-19-15(9-10-18-19)13-17-14-5-7-16(8-6-14)20-12-4-2/h5-10,17H,3-4,11-13H2,1-2H3. The first-order chi connectivity index (χ1) is 9.83. The van der Waals surface area contributed by atoms with Gasteiger partial charge in [0, 0.05) is 18.4 Å². The van der Waals surface area contributed by atoms with E-state index in [1.54, 1.807) is 0 Å². The summed E-state index contributed by atoms with van der Waals surface area (Å²) in [6.45, 7) is 6.79. The fourth-order valence-corrected chi connectivity index (χ4v) is 2.00. The maximum absolute atomic E-state index is 5.57. The van der Waals surface area contributed by atoms with Crippen LogP contribution in [0, 0.1) is 0 Å². The van der Waals surface area contributed by atoms with Gasteiger partial charge in [-0.2, -0.15) is 5.10 Å². The van der Waals surface area contributed by atoms with Gasteiger partial charge in [0.2, 0.25) is 0 Å². The molecule has 4 heteroatoms. The third-order valence-electron chi connectivity index (χ3n) is 3.04. The first-order valence-electron chi connectivity index (χ1n) is 7.31. The van der Waals surface area contributed by atoms with Crippen LogP contribution in [0.2, 0.25) is 0 Å². The predicted octanol–water partition coefficient (Wildman–Crippen LogP) is 3.69. The Kier molecular flexibility index (Phi) is 5.47. The van der Waals surface area contributed by atoms with Crippen LogP contribution in [0.4, 0.5) is 5.69 Å². The second kappa shape index (κ2) is 7.58. The molecule has 0 aliphatic rings. The molecule has 0 spiro atoms. The van der Waals surface area contributed by atoms with Crippen molar-refractivity contribution in [1.29, 1.82) is 0 Å². The lowest BCUT2D eigenvalue weighted by atomic mass is 10.3. The fourth-order valence-electron chi connectivity index (χ4n) is 2.00. The lowest BCUT2D eigenvalue weighted by Crippen LogP contribution is -2.08. The number of benzene rings is 1. The number of nitrogens with zero attached hydrogens (tertiary/aromatic N) is 2. The van der Waals surface area contributed by atoms with Gasteiger partial charge < -0.3 is 10.1 Å². The van der Waals surface area contributed by atoms with Crippen LogP contribution in [0.25, 0.3) is 0 Å². The highest BCUT2D eigenvalue weighted by Crippen LogP contribution is 2.16. The molecule has 0 unspecified atom stereocenters. The van der Waals surface area contributed by atoms with E-state index in [4.69, 9.17) is 4.74 Å². The summed E-state index contributed by atoms with van der Waals surface area (Å²) >= 11 is 0. The molecule has 1 aromatic carbocycles. The van der Waals surface area contributed by atoms with E-state index >= 15 is 0 Å². The maximum atomic E-state index is 5.57. The average molecular weight is 273 g/mol. The number of hydrogen-bond acceptors (Lipinski definition) is 3. The topological polar surface area (TPSA) is 39.1 Å². The van der Waals surface area contributed by atoms with Crippen LogP contribution < -0.4 is 10.1 Å². The lowest BCUT2D eigenvalue weighted by Gasteiger charge is -2.10. The Morgan fingerprint density at radius 2 is 1.90 bits per heavy atom. The van der Waals surface area contributed by atoms with Crippen LogP contribution in [-0.2, 0) is 13.1 Å². The molecule has 108 valence electrons. The van der Waals surface area contributed by atoms with Crippen LogP contribution in [0.3, 0.4) is 0 Å². The zero-order chi connectivity index (χ0) is 14.2. The summed E-state index contributed by atoms with van der Waals surface area (Å²) in [6, 6.07) is 10.2. The normalized spacial score (nSPS) is 10.5. The number of aromatic nitrogens is 2. The second-order valence-electron chi connectivity index (χ2n) is 4.77. The minimum atomic E-state index is 0.767. The van der Waals surface area contributed by atoms with E-state index in [0.29, 0.717) is 0 Å². The number of nitrogens with one attached hydrogen (secondary N) is 1. The second-order valence-corrected chi connectivity index (χ2v) is 4.77. The van der Waals surface area contributed by atoms with Crippen molar-refractivity contribution in [1.82, 2.24) is 9.78 Å². The molecule has 2 rings (SSSR count). The van der Waals surface area contributed by atoms with Gasteiger partial charge in [-0.25, -0.2) is 0 Å². The van der Waals surface area contributed by atoms with Gasteiger partial charge in [0.05, 0.1) is 18.8 Å². The molecule has 0 radical (unpaired) electrons. The van der Waals surface area contributed by atoms with E-state index in [1.807, 2.05) is 35.1 Å². The Morgan fingerprint density at radius 1 is 1.10 bits per heavy atom. The molecule has 1 N–H and O–H groups in total. The zero-order valence-corrected chi connectivity index (χ0v) is 12.3. The van der Waals surface area contributed by atoms with Gasteiger partial charge >= 0.3 is 0 Å². The quantitative estimate of drug-likeness (QED) is 0.797. The third-order valence-corrected chi connectivity index (χ3v) is 3.04. The van der Waals surface area contributed by atoms with Crippen molar-refractivity contribution in [3.63, 3.8) is 0 Å². The van der Waals surface area contributed by atoms with Crippen molar-refractivity contribution in [2.45, 2.75) is 39.8 Å². The van der Waals surface area contributed by atoms with Gasteiger partial charge in [0.15, 0.2) is 0 Å². The van der Waals surface area contributed by atoms with Gasteiger partial charge in [-0.1, -0.05) is 13.8 Å². The number of ether oxygens (including phenoxy) is 1. The van der Waals surface area contributed by atoms with Gasteiger partial charge in [0.1, 0.15) is 5.75 Å². The highest BCUT2D eigenvalue weighted by molar-refractivity contribution is 5.46. The van der Waals surface area contributed by atoms with E-state index in [0.717, 1.165) is 44.0 Å². The Bertz CT molecular complexity index is 505. The summed E-state index contributed by atoms with van der Waals surface area (Å²) in [5.41, 5.74) is 2.30. The lowest BCUT2D eigenvalue weighted by molar-refractivity contribution is 0.317. The minimum Gasteiger partial charge on any atom is -0.494 e. The smallest absolute Gasteiger partial charge is 0.119 e. The molecule has 0 aliphatic carbocycles. The molecular formula is C16H23N3O. The number of anilines is 1. The number of rotatable bonds is 8. The minimum absolute atomic E-state index is 0.767. The Hall–Kier alpha value is -1.97. The highest BCUT2D eigenvalue weighted by atomic mass is 16.5. The Labute approximate surface area is 120 Å². The molecule has 4 nitrogen and oxygen atoms in total. The molecule has 0 saturated heterocycles. The molecule has 0 amide bonds. The predicted molar refractivity (Wildman–Crippen MR) is 82.1 cm³/mol.